The third-order valence-corrected chi connectivity index (χ3v) is 3.63. The molecule has 0 radical (unpaired) electrons. The van der Waals surface area contributed by atoms with Crippen molar-refractivity contribution >= 4 is 28.6 Å². The molecular weight excluding hydrogens is 357 g/mol. The summed E-state index contributed by atoms with van der Waals surface area (Å²) in [5.74, 6) is -1.40. The van der Waals surface area contributed by atoms with Gasteiger partial charge in [-0.25, -0.2) is 14.0 Å². The van der Waals surface area contributed by atoms with Crippen molar-refractivity contribution < 1.29 is 23.5 Å². The lowest BCUT2D eigenvalue weighted by molar-refractivity contribution is -0.155. The number of carbonyl (C=O) groups is 2. The van der Waals surface area contributed by atoms with Crippen molar-refractivity contribution in [3.63, 3.8) is 0 Å². The fraction of sp³-hybridized carbons (Fsp3) is 0.167. The van der Waals surface area contributed by atoms with E-state index < -0.39 is 30.4 Å². The first kappa shape index (κ1) is 18.2. The van der Waals surface area contributed by atoms with Crippen LogP contribution in [0.2, 0.25) is 0 Å². The summed E-state index contributed by atoms with van der Waals surface area (Å²) < 4.78 is 23.0. The van der Waals surface area contributed by atoms with Crippen molar-refractivity contribution in [2.75, 3.05) is 11.9 Å². The minimum Gasteiger partial charge on any atom is -0.482 e. The summed E-state index contributed by atoms with van der Waals surface area (Å²) in [6.45, 7) is 1.00. The molecule has 9 heteroatoms. The second-order valence-electron chi connectivity index (χ2n) is 5.70. The van der Waals surface area contributed by atoms with Gasteiger partial charge in [0.15, 0.2) is 12.7 Å². The van der Waals surface area contributed by atoms with Gasteiger partial charge < -0.3 is 24.8 Å². The van der Waals surface area contributed by atoms with E-state index in [1.807, 2.05) is 0 Å². The summed E-state index contributed by atoms with van der Waals surface area (Å²) in [5.41, 5.74) is 1.23. The van der Waals surface area contributed by atoms with Gasteiger partial charge in [0.05, 0.1) is 11.0 Å². The van der Waals surface area contributed by atoms with Gasteiger partial charge in [-0.3, -0.25) is 4.79 Å². The van der Waals surface area contributed by atoms with Crippen LogP contribution in [0.1, 0.15) is 6.92 Å². The van der Waals surface area contributed by atoms with E-state index in [1.165, 1.54) is 31.2 Å². The molecule has 3 aromatic rings. The molecule has 0 saturated carbocycles. The number of carbonyl (C=O) groups excluding carboxylic acids is 2. The second kappa shape index (κ2) is 7.73. The maximum absolute atomic E-state index is 12.8. The summed E-state index contributed by atoms with van der Waals surface area (Å²) in [7, 11) is 0. The molecule has 0 unspecified atom stereocenters. The zero-order valence-electron chi connectivity index (χ0n) is 14.2. The molecule has 3 N–H and O–H groups in total. The van der Waals surface area contributed by atoms with Crippen LogP contribution < -0.4 is 15.7 Å². The Morgan fingerprint density at radius 2 is 1.81 bits per heavy atom. The van der Waals surface area contributed by atoms with E-state index in [2.05, 4.69) is 15.3 Å². The average Bonchev–Trinajstić information content (AvgIpc) is 3.00. The molecule has 8 nitrogen and oxygen atoms in total. The molecule has 0 spiro atoms. The molecule has 27 heavy (non-hydrogen) atoms. The number of benzene rings is 2. The molecule has 0 aliphatic rings. The van der Waals surface area contributed by atoms with Crippen LogP contribution in [-0.4, -0.2) is 34.6 Å². The Morgan fingerprint density at radius 1 is 1.11 bits per heavy atom. The number of amides is 1. The van der Waals surface area contributed by atoms with E-state index in [9.17, 15) is 18.8 Å². The monoisotopic (exact) mass is 373 g/mol. The van der Waals surface area contributed by atoms with E-state index in [1.54, 1.807) is 18.2 Å². The SMILES string of the molecule is C[C@@H](OC(=O)COc1ccc(F)cc1)C(=O)Nc1ccc2[nH]c(=O)[nH]c2c1. The maximum Gasteiger partial charge on any atom is 0.344 e. The van der Waals surface area contributed by atoms with Gasteiger partial charge in [-0.05, 0) is 49.4 Å². The lowest BCUT2D eigenvalue weighted by atomic mass is 10.2. The number of ether oxygens (including phenoxy) is 2. The Labute approximate surface area is 152 Å². The molecule has 0 aliphatic heterocycles. The van der Waals surface area contributed by atoms with Gasteiger partial charge in [0.2, 0.25) is 0 Å². The molecular formula is C18H16FN3O5. The number of imidazole rings is 1. The fourth-order valence-electron chi connectivity index (χ4n) is 2.31. The number of fused-ring (bicyclic) bond motifs is 1. The Morgan fingerprint density at radius 3 is 2.56 bits per heavy atom. The minimum absolute atomic E-state index is 0.305. The summed E-state index contributed by atoms with van der Waals surface area (Å²) >= 11 is 0. The van der Waals surface area contributed by atoms with E-state index in [-0.39, 0.29) is 5.69 Å². The number of esters is 1. The molecule has 140 valence electrons. The number of hydrogen-bond donors (Lipinski definition) is 3. The van der Waals surface area contributed by atoms with Gasteiger partial charge in [0.1, 0.15) is 11.6 Å². The highest BCUT2D eigenvalue weighted by Crippen LogP contribution is 2.15. The summed E-state index contributed by atoms with van der Waals surface area (Å²) in [4.78, 5) is 40.4. The van der Waals surface area contributed by atoms with Crippen molar-refractivity contribution in [3.05, 3.63) is 58.8 Å². The molecule has 0 bridgehead atoms. The van der Waals surface area contributed by atoms with Gasteiger partial charge in [-0.2, -0.15) is 0 Å². The first-order valence-electron chi connectivity index (χ1n) is 8.01. The number of anilines is 1. The molecule has 1 atom stereocenters. The molecule has 1 heterocycles. The highest BCUT2D eigenvalue weighted by molar-refractivity contribution is 5.96. The number of halogens is 1. The molecule has 1 amide bonds. The first-order chi connectivity index (χ1) is 12.9. The van der Waals surface area contributed by atoms with Gasteiger partial charge in [-0.1, -0.05) is 0 Å². The smallest absolute Gasteiger partial charge is 0.344 e. The van der Waals surface area contributed by atoms with Crippen molar-refractivity contribution in [2.24, 2.45) is 0 Å². The largest absolute Gasteiger partial charge is 0.482 e. The van der Waals surface area contributed by atoms with Crippen LogP contribution in [0, 0.1) is 5.82 Å². The lowest BCUT2D eigenvalue weighted by Crippen LogP contribution is -2.31. The van der Waals surface area contributed by atoms with Gasteiger partial charge in [0, 0.05) is 5.69 Å². The van der Waals surface area contributed by atoms with Crippen LogP contribution in [0.25, 0.3) is 11.0 Å². The van der Waals surface area contributed by atoms with Crippen LogP contribution in [0.4, 0.5) is 10.1 Å². The Balaban J connectivity index is 1.52. The number of aromatic nitrogens is 2. The van der Waals surface area contributed by atoms with Crippen molar-refractivity contribution in [1.29, 1.82) is 0 Å². The Hall–Kier alpha value is -3.62. The van der Waals surface area contributed by atoms with Crippen LogP contribution in [0.5, 0.6) is 5.75 Å². The van der Waals surface area contributed by atoms with Gasteiger partial charge >= 0.3 is 11.7 Å². The van der Waals surface area contributed by atoms with Crippen molar-refractivity contribution in [1.82, 2.24) is 9.97 Å². The van der Waals surface area contributed by atoms with E-state index in [4.69, 9.17) is 9.47 Å². The fourth-order valence-corrected chi connectivity index (χ4v) is 2.31. The minimum atomic E-state index is -1.06. The zero-order chi connectivity index (χ0) is 19.4. The van der Waals surface area contributed by atoms with Crippen molar-refractivity contribution in [2.45, 2.75) is 13.0 Å². The Kier molecular flexibility index (Phi) is 5.20. The highest BCUT2D eigenvalue weighted by atomic mass is 19.1. The van der Waals surface area contributed by atoms with Crippen LogP contribution in [0.3, 0.4) is 0 Å². The number of aromatic amines is 2. The summed E-state index contributed by atoms with van der Waals surface area (Å²) in [5, 5.41) is 2.59. The molecule has 3 rings (SSSR count). The topological polar surface area (TPSA) is 113 Å². The number of H-pyrrole nitrogens is 2. The summed E-state index contributed by atoms with van der Waals surface area (Å²) in [6, 6.07) is 9.97. The predicted molar refractivity (Wildman–Crippen MR) is 95.0 cm³/mol. The first-order valence-corrected chi connectivity index (χ1v) is 8.01. The molecule has 0 saturated heterocycles. The van der Waals surface area contributed by atoms with Gasteiger partial charge in [-0.15, -0.1) is 0 Å². The van der Waals surface area contributed by atoms with Crippen LogP contribution in [-0.2, 0) is 14.3 Å². The van der Waals surface area contributed by atoms with E-state index >= 15 is 0 Å². The lowest BCUT2D eigenvalue weighted by Gasteiger charge is -2.14. The maximum atomic E-state index is 12.8. The quantitative estimate of drug-likeness (QED) is 0.572. The van der Waals surface area contributed by atoms with Crippen molar-refractivity contribution in [3.8, 4) is 5.75 Å². The standard InChI is InChI=1S/C18H16FN3O5/c1-10(27-16(23)9-26-13-5-2-11(19)3-6-13)17(24)20-12-4-7-14-15(8-12)22-18(25)21-14/h2-8,10H,9H2,1H3,(H,20,24)(H2,21,22,25)/t10-/m1/s1. The van der Waals surface area contributed by atoms with Crippen LogP contribution >= 0.6 is 0 Å². The average molecular weight is 373 g/mol. The molecule has 0 fully saturated rings. The van der Waals surface area contributed by atoms with Gasteiger partial charge in [0.25, 0.3) is 5.91 Å². The predicted octanol–water partition coefficient (Wildman–Crippen LogP) is 1.94. The highest BCUT2D eigenvalue weighted by Gasteiger charge is 2.18. The molecule has 0 aliphatic carbocycles. The molecule has 2 aromatic carbocycles. The molecule has 1 aromatic heterocycles. The number of rotatable bonds is 6. The number of nitrogens with one attached hydrogen (secondary N) is 3. The second-order valence-corrected chi connectivity index (χ2v) is 5.70. The number of hydrogen-bond acceptors (Lipinski definition) is 5. The zero-order valence-corrected chi connectivity index (χ0v) is 14.2. The Bertz CT molecular complexity index is 1030. The summed E-state index contributed by atoms with van der Waals surface area (Å²) in [6.07, 6.45) is -1.06. The van der Waals surface area contributed by atoms with Crippen LogP contribution in [0.15, 0.2) is 47.3 Å². The third-order valence-electron chi connectivity index (χ3n) is 3.63. The normalized spacial score (nSPS) is 11.8. The third kappa shape index (κ3) is 4.72. The van der Waals surface area contributed by atoms with E-state index in [0.717, 1.165) is 0 Å². The van der Waals surface area contributed by atoms with E-state index in [0.29, 0.717) is 22.5 Å².